The minimum atomic E-state index is -0.316. The van der Waals surface area contributed by atoms with Crippen molar-refractivity contribution in [1.29, 1.82) is 0 Å². The molecule has 0 bridgehead atoms. The molecule has 1 aromatic rings. The predicted molar refractivity (Wildman–Crippen MR) is 77.8 cm³/mol. The highest BCUT2D eigenvalue weighted by Crippen LogP contribution is 2.31. The van der Waals surface area contributed by atoms with Gasteiger partial charge in [0.25, 0.3) is 0 Å². The van der Waals surface area contributed by atoms with E-state index in [2.05, 4.69) is 21.2 Å². The van der Waals surface area contributed by atoms with Crippen molar-refractivity contribution < 1.29 is 4.79 Å². The number of hydrogen-bond acceptors (Lipinski definition) is 2. The molecule has 1 fully saturated rings. The molecule has 0 aliphatic heterocycles. The Morgan fingerprint density at radius 1 is 1.44 bits per heavy atom. The number of hydrogen-bond donors (Lipinski definition) is 2. The van der Waals surface area contributed by atoms with E-state index in [0.717, 1.165) is 35.8 Å². The molecule has 3 N–H and O–H groups in total. The second kappa shape index (κ2) is 5.59. The number of carbonyl (C=O) groups excluding carboxylic acids is 1. The smallest absolute Gasteiger partial charge is 0.226 e. The van der Waals surface area contributed by atoms with Crippen LogP contribution in [0.25, 0.3) is 0 Å². The fourth-order valence-electron chi connectivity index (χ4n) is 2.36. The van der Waals surface area contributed by atoms with Crippen molar-refractivity contribution >= 4 is 39.1 Å². The number of nitrogens with one attached hydrogen (secondary N) is 1. The SMILES string of the molecule is NC1(CC(=O)Nc2ccc(Cl)cc2Br)CCCC1. The highest BCUT2D eigenvalue weighted by molar-refractivity contribution is 9.10. The van der Waals surface area contributed by atoms with Crippen molar-refractivity contribution in [2.45, 2.75) is 37.6 Å². The quantitative estimate of drug-likeness (QED) is 0.887. The van der Waals surface area contributed by atoms with Gasteiger partial charge in [0.2, 0.25) is 5.91 Å². The molecule has 1 aliphatic carbocycles. The van der Waals surface area contributed by atoms with Crippen LogP contribution in [0.3, 0.4) is 0 Å². The predicted octanol–water partition coefficient (Wildman–Crippen LogP) is 3.70. The highest BCUT2D eigenvalue weighted by atomic mass is 79.9. The van der Waals surface area contributed by atoms with E-state index in [1.807, 2.05) is 0 Å². The van der Waals surface area contributed by atoms with E-state index in [1.165, 1.54) is 0 Å². The minimum Gasteiger partial charge on any atom is -0.325 e. The average molecular weight is 332 g/mol. The number of rotatable bonds is 3. The van der Waals surface area contributed by atoms with Crippen molar-refractivity contribution in [1.82, 2.24) is 0 Å². The zero-order valence-electron chi connectivity index (χ0n) is 10.0. The first-order chi connectivity index (χ1) is 8.48. The highest BCUT2D eigenvalue weighted by Gasteiger charge is 2.31. The maximum Gasteiger partial charge on any atom is 0.226 e. The molecule has 1 amide bonds. The van der Waals surface area contributed by atoms with Gasteiger partial charge in [-0.05, 0) is 47.0 Å². The standard InChI is InChI=1S/C13H16BrClN2O/c14-10-7-9(15)3-4-11(10)17-12(18)8-13(16)5-1-2-6-13/h3-4,7H,1-2,5-6,8,16H2,(H,17,18). The van der Waals surface area contributed by atoms with Crippen molar-refractivity contribution in [3.63, 3.8) is 0 Å². The number of benzene rings is 1. The molecule has 0 aromatic heterocycles. The van der Waals surface area contributed by atoms with Gasteiger partial charge < -0.3 is 11.1 Å². The van der Waals surface area contributed by atoms with Crippen LogP contribution in [0.2, 0.25) is 5.02 Å². The summed E-state index contributed by atoms with van der Waals surface area (Å²) in [6.07, 6.45) is 4.48. The van der Waals surface area contributed by atoms with Gasteiger partial charge in [0, 0.05) is 21.5 Å². The molecule has 0 atom stereocenters. The van der Waals surface area contributed by atoms with Gasteiger partial charge in [-0.3, -0.25) is 4.79 Å². The second-order valence-electron chi connectivity index (χ2n) is 4.92. The third kappa shape index (κ3) is 3.46. The van der Waals surface area contributed by atoms with E-state index >= 15 is 0 Å². The van der Waals surface area contributed by atoms with Gasteiger partial charge in [0.05, 0.1) is 5.69 Å². The van der Waals surface area contributed by atoms with Crippen molar-refractivity contribution in [2.75, 3.05) is 5.32 Å². The Morgan fingerprint density at radius 3 is 2.72 bits per heavy atom. The summed E-state index contributed by atoms with van der Waals surface area (Å²) in [4.78, 5) is 12.0. The first-order valence-electron chi connectivity index (χ1n) is 6.02. The summed E-state index contributed by atoms with van der Waals surface area (Å²) in [5.74, 6) is -0.0394. The lowest BCUT2D eigenvalue weighted by atomic mass is 9.94. The van der Waals surface area contributed by atoms with Crippen LogP contribution in [0.15, 0.2) is 22.7 Å². The fraction of sp³-hybridized carbons (Fsp3) is 0.462. The van der Waals surface area contributed by atoms with Crippen LogP contribution in [0.4, 0.5) is 5.69 Å². The molecule has 5 heteroatoms. The third-order valence-corrected chi connectivity index (χ3v) is 4.21. The lowest BCUT2D eigenvalue weighted by Gasteiger charge is -2.22. The molecule has 18 heavy (non-hydrogen) atoms. The van der Waals surface area contributed by atoms with Gasteiger partial charge in [-0.25, -0.2) is 0 Å². The summed E-state index contributed by atoms with van der Waals surface area (Å²) in [5.41, 5.74) is 6.59. The van der Waals surface area contributed by atoms with Crippen molar-refractivity contribution in [3.8, 4) is 0 Å². The van der Waals surface area contributed by atoms with Crippen molar-refractivity contribution in [3.05, 3.63) is 27.7 Å². The Balaban J connectivity index is 1.98. The first-order valence-corrected chi connectivity index (χ1v) is 7.19. The third-order valence-electron chi connectivity index (χ3n) is 3.32. The zero-order valence-corrected chi connectivity index (χ0v) is 12.4. The van der Waals surface area contributed by atoms with E-state index in [9.17, 15) is 4.79 Å². The zero-order chi connectivity index (χ0) is 13.2. The number of anilines is 1. The van der Waals surface area contributed by atoms with Crippen LogP contribution in [0, 0.1) is 0 Å². The number of nitrogens with two attached hydrogens (primary N) is 1. The van der Waals surface area contributed by atoms with Gasteiger partial charge in [-0.2, -0.15) is 0 Å². The Labute approximate surface area is 120 Å². The molecule has 1 aliphatic rings. The van der Waals surface area contributed by atoms with Crippen molar-refractivity contribution in [2.24, 2.45) is 5.73 Å². The van der Waals surface area contributed by atoms with Gasteiger partial charge in [-0.1, -0.05) is 24.4 Å². The monoisotopic (exact) mass is 330 g/mol. The van der Waals surface area contributed by atoms with Gasteiger partial charge in [0.15, 0.2) is 0 Å². The summed E-state index contributed by atoms with van der Waals surface area (Å²) >= 11 is 9.22. The molecule has 0 radical (unpaired) electrons. The maximum absolute atomic E-state index is 12.0. The topological polar surface area (TPSA) is 55.1 Å². The van der Waals surface area contributed by atoms with Crippen LogP contribution in [-0.4, -0.2) is 11.4 Å². The first kappa shape index (κ1) is 13.8. The molecule has 0 heterocycles. The van der Waals surface area contributed by atoms with E-state index in [0.29, 0.717) is 11.4 Å². The normalized spacial score (nSPS) is 17.7. The summed E-state index contributed by atoms with van der Waals surface area (Å²) < 4.78 is 0.779. The minimum absolute atomic E-state index is 0.0394. The summed E-state index contributed by atoms with van der Waals surface area (Å²) in [5, 5.41) is 3.50. The van der Waals surface area contributed by atoms with Crippen LogP contribution >= 0.6 is 27.5 Å². The van der Waals surface area contributed by atoms with Gasteiger partial charge in [-0.15, -0.1) is 0 Å². The lowest BCUT2D eigenvalue weighted by Crippen LogP contribution is -2.40. The maximum atomic E-state index is 12.0. The Bertz CT molecular complexity index is 458. The van der Waals surface area contributed by atoms with E-state index in [-0.39, 0.29) is 11.4 Å². The van der Waals surface area contributed by atoms with Gasteiger partial charge in [0.1, 0.15) is 0 Å². The number of carbonyl (C=O) groups is 1. The van der Waals surface area contributed by atoms with E-state index in [1.54, 1.807) is 18.2 Å². The van der Waals surface area contributed by atoms with Crippen LogP contribution in [0.5, 0.6) is 0 Å². The molecule has 0 saturated heterocycles. The summed E-state index contributed by atoms with van der Waals surface area (Å²) in [7, 11) is 0. The van der Waals surface area contributed by atoms with Crippen LogP contribution in [0.1, 0.15) is 32.1 Å². The van der Waals surface area contributed by atoms with Gasteiger partial charge >= 0.3 is 0 Å². The Kier molecular flexibility index (Phi) is 4.30. The van der Waals surface area contributed by atoms with Crippen LogP contribution in [-0.2, 0) is 4.79 Å². The summed E-state index contributed by atoms with van der Waals surface area (Å²) in [6.45, 7) is 0. The largest absolute Gasteiger partial charge is 0.325 e. The van der Waals surface area contributed by atoms with Crippen LogP contribution < -0.4 is 11.1 Å². The lowest BCUT2D eigenvalue weighted by molar-refractivity contribution is -0.117. The van der Waals surface area contributed by atoms with E-state index in [4.69, 9.17) is 17.3 Å². The molecule has 2 rings (SSSR count). The van der Waals surface area contributed by atoms with E-state index < -0.39 is 0 Å². The second-order valence-corrected chi connectivity index (χ2v) is 6.21. The molecule has 0 unspecified atom stereocenters. The Hall–Kier alpha value is -0.580. The molecular weight excluding hydrogens is 316 g/mol. The fourth-order valence-corrected chi connectivity index (χ4v) is 3.14. The number of halogens is 2. The molecular formula is C13H16BrClN2O. The molecule has 1 aromatic carbocycles. The molecule has 98 valence electrons. The molecule has 3 nitrogen and oxygen atoms in total. The molecule has 1 saturated carbocycles. The average Bonchev–Trinajstić information content (AvgIpc) is 2.69. The Morgan fingerprint density at radius 2 is 2.11 bits per heavy atom. The molecule has 0 spiro atoms. The number of amides is 1. The summed E-state index contributed by atoms with van der Waals surface area (Å²) in [6, 6.07) is 5.28.